The molecule has 2 rings (SSSR count). The van der Waals surface area contributed by atoms with Crippen molar-refractivity contribution in [2.75, 3.05) is 26.9 Å². The third kappa shape index (κ3) is 4.52. The molecular formula is C15H19NO6S. The highest BCUT2D eigenvalue weighted by Gasteiger charge is 2.31. The van der Waals surface area contributed by atoms with Crippen LogP contribution in [0.4, 0.5) is 0 Å². The number of esters is 1. The number of hydrogen-bond donors (Lipinski definition) is 2. The van der Waals surface area contributed by atoms with Gasteiger partial charge in [-0.1, -0.05) is 6.07 Å². The Hall–Kier alpha value is -1.93. The number of benzene rings is 1. The summed E-state index contributed by atoms with van der Waals surface area (Å²) in [4.78, 5) is 22.3. The molecule has 1 heterocycles. The number of carboxylic acids is 1. The van der Waals surface area contributed by atoms with Gasteiger partial charge < -0.3 is 19.3 Å². The van der Waals surface area contributed by atoms with Gasteiger partial charge in [0.05, 0.1) is 19.1 Å². The number of carbonyl (C=O) groups excluding carboxylic acids is 1. The van der Waals surface area contributed by atoms with Gasteiger partial charge in [-0.15, -0.1) is 11.8 Å². The molecule has 2 N–H and O–H groups in total. The summed E-state index contributed by atoms with van der Waals surface area (Å²) in [5.74, 6) is -0.364. The molecule has 1 aliphatic rings. The first kappa shape index (κ1) is 17.4. The average Bonchev–Trinajstić information content (AvgIpc) is 3.03. The van der Waals surface area contributed by atoms with Crippen LogP contribution in [0.2, 0.25) is 0 Å². The number of ether oxygens (including phenoxy) is 3. The van der Waals surface area contributed by atoms with E-state index in [1.807, 2.05) is 6.07 Å². The average molecular weight is 341 g/mol. The highest BCUT2D eigenvalue weighted by atomic mass is 32.2. The monoisotopic (exact) mass is 341 g/mol. The Kier molecular flexibility index (Phi) is 6.12. The van der Waals surface area contributed by atoms with Crippen LogP contribution in [-0.2, 0) is 14.3 Å². The Bertz CT molecular complexity index is 579. The van der Waals surface area contributed by atoms with Crippen LogP contribution in [0.25, 0.3) is 0 Å². The van der Waals surface area contributed by atoms with E-state index in [-0.39, 0.29) is 12.0 Å². The van der Waals surface area contributed by atoms with Crippen LogP contribution in [0.1, 0.15) is 17.9 Å². The minimum Gasteiger partial charge on any atom is -0.493 e. The van der Waals surface area contributed by atoms with Gasteiger partial charge in [-0.3, -0.25) is 10.1 Å². The number of carbonyl (C=O) groups is 2. The standard InChI is InChI=1S/C15H19NO6S/c1-3-21-13(17)8-22-10-5-4-9(6-11(10)20-2)14-16-7-12(23-14)15(18)19/h4-6,12,14,16H,3,7-8H2,1-2H3,(H,18,19)/t12-,14-/m0/s1. The molecular weight excluding hydrogens is 322 g/mol. The summed E-state index contributed by atoms with van der Waals surface area (Å²) in [6.07, 6.45) is 0. The van der Waals surface area contributed by atoms with Gasteiger partial charge in [0, 0.05) is 6.54 Å². The van der Waals surface area contributed by atoms with Gasteiger partial charge in [-0.2, -0.15) is 0 Å². The maximum absolute atomic E-state index is 11.3. The van der Waals surface area contributed by atoms with Gasteiger partial charge >= 0.3 is 11.9 Å². The largest absolute Gasteiger partial charge is 0.493 e. The molecule has 2 atom stereocenters. The topological polar surface area (TPSA) is 94.1 Å². The maximum atomic E-state index is 11.3. The van der Waals surface area contributed by atoms with E-state index < -0.39 is 17.2 Å². The molecule has 0 unspecified atom stereocenters. The molecule has 0 aromatic heterocycles. The molecule has 0 saturated carbocycles. The minimum absolute atomic E-state index is 0.121. The number of carboxylic acid groups (broad SMARTS) is 1. The van der Waals surface area contributed by atoms with Crippen molar-refractivity contribution in [2.45, 2.75) is 17.5 Å². The number of hydrogen-bond acceptors (Lipinski definition) is 7. The normalized spacial score (nSPS) is 20.1. The summed E-state index contributed by atoms with van der Waals surface area (Å²) in [6, 6.07) is 5.29. The summed E-state index contributed by atoms with van der Waals surface area (Å²) in [5.41, 5.74) is 0.888. The lowest BCUT2D eigenvalue weighted by Crippen LogP contribution is -2.21. The van der Waals surface area contributed by atoms with Crippen molar-refractivity contribution < 1.29 is 28.9 Å². The summed E-state index contributed by atoms with van der Waals surface area (Å²) in [6.45, 7) is 2.24. The van der Waals surface area contributed by atoms with E-state index in [2.05, 4.69) is 5.32 Å². The smallest absolute Gasteiger partial charge is 0.344 e. The predicted molar refractivity (Wildman–Crippen MR) is 84.9 cm³/mol. The van der Waals surface area contributed by atoms with Crippen LogP contribution in [-0.4, -0.2) is 49.2 Å². The molecule has 1 aromatic rings. The molecule has 0 spiro atoms. The minimum atomic E-state index is -0.827. The van der Waals surface area contributed by atoms with E-state index in [0.29, 0.717) is 24.7 Å². The Morgan fingerprint density at radius 3 is 2.78 bits per heavy atom. The molecule has 1 aliphatic heterocycles. The number of rotatable bonds is 7. The van der Waals surface area contributed by atoms with Crippen LogP contribution < -0.4 is 14.8 Å². The van der Waals surface area contributed by atoms with Crippen LogP contribution in [0.5, 0.6) is 11.5 Å². The molecule has 0 radical (unpaired) electrons. The molecule has 1 saturated heterocycles. The Labute approximate surface area is 138 Å². The summed E-state index contributed by atoms with van der Waals surface area (Å²) >= 11 is 1.34. The SMILES string of the molecule is CCOC(=O)COc1ccc([C@H]2NC[C@@H](C(=O)O)S2)cc1OC. The molecule has 1 aromatic carbocycles. The third-order valence-corrected chi connectivity index (χ3v) is 4.61. The lowest BCUT2D eigenvalue weighted by molar-refractivity contribution is -0.145. The van der Waals surface area contributed by atoms with E-state index in [9.17, 15) is 9.59 Å². The number of nitrogens with one attached hydrogen (secondary N) is 1. The molecule has 0 bridgehead atoms. The van der Waals surface area contributed by atoms with Gasteiger partial charge in [-0.25, -0.2) is 4.79 Å². The first-order valence-corrected chi connectivity index (χ1v) is 8.07. The summed E-state index contributed by atoms with van der Waals surface area (Å²) < 4.78 is 15.5. The third-order valence-electron chi connectivity index (χ3n) is 3.21. The lowest BCUT2D eigenvalue weighted by Gasteiger charge is -2.15. The summed E-state index contributed by atoms with van der Waals surface area (Å²) in [7, 11) is 1.51. The molecule has 0 amide bonds. The Morgan fingerprint density at radius 2 is 2.17 bits per heavy atom. The zero-order chi connectivity index (χ0) is 16.8. The van der Waals surface area contributed by atoms with Crippen LogP contribution in [0, 0.1) is 0 Å². The second kappa shape index (κ2) is 8.07. The quantitative estimate of drug-likeness (QED) is 0.719. The summed E-state index contributed by atoms with van der Waals surface area (Å²) in [5, 5.41) is 11.6. The Morgan fingerprint density at radius 1 is 1.39 bits per heavy atom. The zero-order valence-electron chi connectivity index (χ0n) is 12.9. The van der Waals surface area contributed by atoms with Crippen molar-refractivity contribution in [3.05, 3.63) is 23.8 Å². The molecule has 0 aliphatic carbocycles. The number of aliphatic carboxylic acids is 1. The van der Waals surface area contributed by atoms with Gasteiger partial charge in [-0.05, 0) is 24.6 Å². The fraction of sp³-hybridized carbons (Fsp3) is 0.467. The van der Waals surface area contributed by atoms with Gasteiger partial charge in [0.1, 0.15) is 5.25 Å². The first-order valence-electron chi connectivity index (χ1n) is 7.13. The maximum Gasteiger partial charge on any atom is 0.344 e. The molecule has 1 fully saturated rings. The Balaban J connectivity index is 2.04. The van der Waals surface area contributed by atoms with Crippen molar-refractivity contribution in [3.8, 4) is 11.5 Å². The van der Waals surface area contributed by atoms with Crippen molar-refractivity contribution in [2.24, 2.45) is 0 Å². The molecule has 7 nitrogen and oxygen atoms in total. The molecule has 23 heavy (non-hydrogen) atoms. The second-order valence-corrected chi connectivity index (χ2v) is 6.07. The van der Waals surface area contributed by atoms with E-state index in [0.717, 1.165) is 5.56 Å². The van der Waals surface area contributed by atoms with Crippen molar-refractivity contribution in [1.29, 1.82) is 0 Å². The molecule has 8 heteroatoms. The van der Waals surface area contributed by atoms with Crippen LogP contribution in [0.3, 0.4) is 0 Å². The van der Waals surface area contributed by atoms with Gasteiger partial charge in [0.15, 0.2) is 18.1 Å². The van der Waals surface area contributed by atoms with E-state index in [4.69, 9.17) is 19.3 Å². The highest BCUT2D eigenvalue weighted by Crippen LogP contribution is 2.38. The zero-order valence-corrected chi connectivity index (χ0v) is 13.7. The fourth-order valence-corrected chi connectivity index (χ4v) is 3.26. The van der Waals surface area contributed by atoms with Crippen molar-refractivity contribution in [1.82, 2.24) is 5.32 Å². The fourth-order valence-electron chi connectivity index (χ4n) is 2.12. The van der Waals surface area contributed by atoms with Crippen molar-refractivity contribution in [3.63, 3.8) is 0 Å². The van der Waals surface area contributed by atoms with E-state index in [1.165, 1.54) is 18.9 Å². The number of methoxy groups -OCH3 is 1. The first-order chi connectivity index (χ1) is 11.0. The van der Waals surface area contributed by atoms with Crippen molar-refractivity contribution >= 4 is 23.7 Å². The molecule has 126 valence electrons. The lowest BCUT2D eigenvalue weighted by atomic mass is 10.2. The van der Waals surface area contributed by atoms with Crippen LogP contribution in [0.15, 0.2) is 18.2 Å². The van der Waals surface area contributed by atoms with E-state index in [1.54, 1.807) is 19.1 Å². The van der Waals surface area contributed by atoms with Gasteiger partial charge in [0.25, 0.3) is 0 Å². The van der Waals surface area contributed by atoms with Gasteiger partial charge in [0.2, 0.25) is 0 Å². The predicted octanol–water partition coefficient (Wildman–Crippen LogP) is 1.43. The number of thioether (sulfide) groups is 1. The van der Waals surface area contributed by atoms with E-state index >= 15 is 0 Å². The van der Waals surface area contributed by atoms with Crippen LogP contribution >= 0.6 is 11.8 Å². The highest BCUT2D eigenvalue weighted by molar-refractivity contribution is 8.01. The second-order valence-electron chi connectivity index (χ2n) is 4.76.